The number of allylic oxidation sites excluding steroid dienone is 1. The third kappa shape index (κ3) is 6.46. The molecule has 39 heavy (non-hydrogen) atoms. The molecule has 0 saturated carbocycles. The number of carbonyl (C=O) groups excluding carboxylic acids is 2. The zero-order valence-corrected chi connectivity index (χ0v) is 21.4. The van der Waals surface area contributed by atoms with E-state index in [4.69, 9.17) is 21.8 Å². The lowest BCUT2D eigenvalue weighted by Gasteiger charge is -2.08. The van der Waals surface area contributed by atoms with Crippen molar-refractivity contribution in [3.8, 4) is 11.1 Å². The number of amides is 1. The lowest BCUT2D eigenvalue weighted by Crippen LogP contribution is -2.29. The summed E-state index contributed by atoms with van der Waals surface area (Å²) in [7, 11) is 0. The number of benzene rings is 2. The average molecular weight is 539 g/mol. The van der Waals surface area contributed by atoms with E-state index in [9.17, 15) is 9.59 Å². The van der Waals surface area contributed by atoms with Crippen LogP contribution in [0.2, 0.25) is 5.02 Å². The topological polar surface area (TPSA) is 136 Å². The van der Waals surface area contributed by atoms with Crippen molar-refractivity contribution < 1.29 is 14.0 Å². The van der Waals surface area contributed by atoms with Crippen LogP contribution in [0.5, 0.6) is 0 Å². The number of furan rings is 1. The normalized spacial score (nSPS) is 11.1. The number of halogens is 1. The summed E-state index contributed by atoms with van der Waals surface area (Å²) in [6.45, 7) is 0. The molecule has 0 unspecified atom stereocenters. The van der Waals surface area contributed by atoms with Gasteiger partial charge in [0.25, 0.3) is 5.91 Å². The number of hydrogen-bond acceptors (Lipinski definition) is 8. The van der Waals surface area contributed by atoms with E-state index in [1.54, 1.807) is 42.7 Å². The number of pyridine rings is 1. The van der Waals surface area contributed by atoms with Gasteiger partial charge in [-0.25, -0.2) is 9.97 Å². The molecule has 4 N–H and O–H groups in total. The molecule has 0 bridgehead atoms. The monoisotopic (exact) mass is 538 g/mol. The molecule has 3 aromatic heterocycles. The number of anilines is 2. The van der Waals surface area contributed by atoms with Gasteiger partial charge in [0, 0.05) is 42.4 Å². The first-order valence-corrected chi connectivity index (χ1v) is 12.4. The van der Waals surface area contributed by atoms with Crippen molar-refractivity contribution in [3.05, 3.63) is 107 Å². The van der Waals surface area contributed by atoms with E-state index >= 15 is 0 Å². The summed E-state index contributed by atoms with van der Waals surface area (Å²) in [5.74, 6) is 1.19. The lowest BCUT2D eigenvalue weighted by molar-refractivity contribution is -0.114. The minimum Gasteiger partial charge on any atom is -0.459 e. The van der Waals surface area contributed by atoms with Crippen molar-refractivity contribution in [2.75, 3.05) is 11.2 Å². The van der Waals surface area contributed by atoms with E-state index in [2.05, 4.69) is 25.8 Å². The first-order chi connectivity index (χ1) is 18.9. The van der Waals surface area contributed by atoms with Gasteiger partial charge in [0.2, 0.25) is 0 Å². The summed E-state index contributed by atoms with van der Waals surface area (Å²) in [5, 5.41) is 1.30. The van der Waals surface area contributed by atoms with Crippen LogP contribution in [0.1, 0.15) is 28.1 Å². The van der Waals surface area contributed by atoms with Crippen LogP contribution in [0, 0.1) is 0 Å². The van der Waals surface area contributed by atoms with Gasteiger partial charge in [-0.3, -0.25) is 25.4 Å². The smallest absolute Gasteiger partial charge is 0.269 e. The van der Waals surface area contributed by atoms with Crippen LogP contribution in [0.3, 0.4) is 0 Å². The van der Waals surface area contributed by atoms with Crippen LogP contribution >= 0.6 is 11.6 Å². The number of aromatic nitrogens is 3. The fraction of sp³-hybridized carbons (Fsp3) is 0.0690. The molecule has 0 aliphatic heterocycles. The number of hydrazine groups is 1. The Balaban J connectivity index is 1.23. The van der Waals surface area contributed by atoms with E-state index in [-0.39, 0.29) is 11.7 Å². The summed E-state index contributed by atoms with van der Waals surface area (Å²) in [5.41, 5.74) is 14.5. The van der Waals surface area contributed by atoms with Crippen LogP contribution in [0.4, 0.5) is 11.6 Å². The Kier molecular flexibility index (Phi) is 7.60. The molecule has 0 aliphatic carbocycles. The highest BCUT2D eigenvalue weighted by atomic mass is 35.5. The van der Waals surface area contributed by atoms with Crippen molar-refractivity contribution in [3.63, 3.8) is 0 Å². The van der Waals surface area contributed by atoms with E-state index in [1.165, 1.54) is 18.5 Å². The third-order valence-electron chi connectivity index (χ3n) is 5.86. The number of rotatable bonds is 9. The Morgan fingerprint density at radius 3 is 2.56 bits per heavy atom. The highest BCUT2D eigenvalue weighted by molar-refractivity contribution is 6.35. The molecule has 5 aromatic rings. The first kappa shape index (κ1) is 25.6. The number of nitrogens with zero attached hydrogens (tertiary/aromatic N) is 3. The quantitative estimate of drug-likeness (QED) is 0.165. The van der Waals surface area contributed by atoms with Crippen LogP contribution < -0.4 is 16.6 Å². The summed E-state index contributed by atoms with van der Waals surface area (Å²) in [6, 6.07) is 16.3. The molecule has 0 atom stereocenters. The Bertz CT molecular complexity index is 1650. The summed E-state index contributed by atoms with van der Waals surface area (Å²) in [4.78, 5) is 36.7. The number of nitrogens with one attached hydrogen (secondary N) is 2. The van der Waals surface area contributed by atoms with Crippen LogP contribution in [-0.4, -0.2) is 26.6 Å². The average Bonchev–Trinajstić information content (AvgIpc) is 3.39. The molecule has 194 valence electrons. The SMILES string of the molecule is Nc1ccc(/C=C/C(=O)CCc2cc3cc(-c4ccc(C(=O)NNc5cnccn5)cc4)cc(Cl)c3o2)cn1. The van der Waals surface area contributed by atoms with E-state index in [1.807, 2.05) is 30.3 Å². The van der Waals surface area contributed by atoms with Crippen LogP contribution in [0.15, 0.2) is 89.9 Å². The second-order valence-electron chi connectivity index (χ2n) is 8.65. The summed E-state index contributed by atoms with van der Waals surface area (Å²) >= 11 is 6.53. The Hall–Kier alpha value is -5.02. The molecule has 0 aliphatic rings. The van der Waals surface area contributed by atoms with Gasteiger partial charge in [-0.05, 0) is 71.3 Å². The molecule has 10 heteroatoms. The maximum atomic E-state index is 12.4. The molecule has 1 amide bonds. The maximum absolute atomic E-state index is 12.4. The fourth-order valence-electron chi connectivity index (χ4n) is 3.86. The molecule has 0 fully saturated rings. The van der Waals surface area contributed by atoms with Crippen LogP contribution in [0.25, 0.3) is 28.2 Å². The largest absolute Gasteiger partial charge is 0.459 e. The minimum absolute atomic E-state index is 0.0323. The Morgan fingerprint density at radius 1 is 0.974 bits per heavy atom. The highest BCUT2D eigenvalue weighted by Crippen LogP contribution is 2.33. The molecule has 9 nitrogen and oxygen atoms in total. The molecule has 0 radical (unpaired) electrons. The number of carbonyl (C=O) groups is 2. The van der Waals surface area contributed by atoms with Gasteiger partial charge >= 0.3 is 0 Å². The molecule has 3 heterocycles. The molecular formula is C29H23ClN6O3. The van der Waals surface area contributed by atoms with E-state index < -0.39 is 0 Å². The molecule has 0 saturated heterocycles. The van der Waals surface area contributed by atoms with Gasteiger partial charge in [0.15, 0.2) is 17.2 Å². The van der Waals surface area contributed by atoms with Crippen molar-refractivity contribution in [1.82, 2.24) is 20.4 Å². The van der Waals surface area contributed by atoms with Gasteiger partial charge in [-0.2, -0.15) is 0 Å². The van der Waals surface area contributed by atoms with Crippen LogP contribution in [-0.2, 0) is 11.2 Å². The maximum Gasteiger partial charge on any atom is 0.269 e. The van der Waals surface area contributed by atoms with Crippen molar-refractivity contribution in [1.29, 1.82) is 0 Å². The van der Waals surface area contributed by atoms with Gasteiger partial charge in [0.1, 0.15) is 11.6 Å². The fourth-order valence-corrected chi connectivity index (χ4v) is 4.12. The number of nitrogen functional groups attached to an aromatic ring is 1. The number of nitrogens with two attached hydrogens (primary N) is 1. The number of aryl methyl sites for hydroxylation is 1. The predicted molar refractivity (Wildman–Crippen MR) is 151 cm³/mol. The van der Waals surface area contributed by atoms with E-state index in [0.717, 1.165) is 22.1 Å². The van der Waals surface area contributed by atoms with E-state index in [0.29, 0.717) is 46.4 Å². The molecule has 2 aromatic carbocycles. The van der Waals surface area contributed by atoms with Crippen molar-refractivity contribution >= 4 is 52.0 Å². The highest BCUT2D eigenvalue weighted by Gasteiger charge is 2.12. The summed E-state index contributed by atoms with van der Waals surface area (Å²) < 4.78 is 5.93. The second kappa shape index (κ2) is 11.6. The zero-order valence-electron chi connectivity index (χ0n) is 20.6. The number of hydrogen-bond donors (Lipinski definition) is 3. The van der Waals surface area contributed by atoms with Gasteiger partial charge < -0.3 is 10.2 Å². The zero-order chi connectivity index (χ0) is 27.2. The third-order valence-corrected chi connectivity index (χ3v) is 6.14. The Morgan fingerprint density at radius 2 is 1.82 bits per heavy atom. The number of fused-ring (bicyclic) bond motifs is 1. The predicted octanol–water partition coefficient (Wildman–Crippen LogP) is 5.49. The summed E-state index contributed by atoms with van der Waals surface area (Å²) in [6.07, 6.45) is 10.1. The standard InChI is InChI=1S/C29H23ClN6O3/c30-25-15-21(19-3-5-20(6-4-19)29(38)36-35-27-17-32-11-12-33-27)13-22-14-24(39-28(22)25)9-8-23(37)7-1-18-2-10-26(31)34-16-18/h1-7,10-17H,8-9H2,(H2,31,34)(H,33,35)(H,36,38)/b7-1+. The lowest BCUT2D eigenvalue weighted by atomic mass is 10.0. The second-order valence-corrected chi connectivity index (χ2v) is 9.06. The molecular weight excluding hydrogens is 516 g/mol. The molecule has 5 rings (SSSR count). The Labute approximate surface area is 228 Å². The minimum atomic E-state index is -0.310. The van der Waals surface area contributed by atoms with Gasteiger partial charge in [-0.15, -0.1) is 0 Å². The van der Waals surface area contributed by atoms with Crippen molar-refractivity contribution in [2.45, 2.75) is 12.8 Å². The van der Waals surface area contributed by atoms with Crippen molar-refractivity contribution in [2.24, 2.45) is 0 Å². The van der Waals surface area contributed by atoms with Gasteiger partial charge in [-0.1, -0.05) is 23.7 Å². The molecule has 0 spiro atoms. The number of ketones is 1. The first-order valence-electron chi connectivity index (χ1n) is 12.0. The van der Waals surface area contributed by atoms with Gasteiger partial charge in [0.05, 0.1) is 11.2 Å².